The number of hydrogen-bond donors (Lipinski definition) is 1. The molecule has 4 rings (SSSR count). The topological polar surface area (TPSA) is 63.6 Å². The number of hydrogen-bond acceptors (Lipinski definition) is 5. The van der Waals surface area contributed by atoms with Crippen LogP contribution in [0.15, 0.2) is 23.1 Å². The smallest absolute Gasteiger partial charge is 0.343 e. The Morgan fingerprint density at radius 3 is 2.70 bits per heavy atom. The molecule has 1 saturated heterocycles. The summed E-state index contributed by atoms with van der Waals surface area (Å²) < 4.78 is 21.9. The molecule has 0 bridgehead atoms. The van der Waals surface area contributed by atoms with Gasteiger partial charge < -0.3 is 19.5 Å². The highest BCUT2D eigenvalue weighted by molar-refractivity contribution is 5.94. The van der Waals surface area contributed by atoms with Gasteiger partial charge in [-0.05, 0) is 31.4 Å². The molecule has 1 aromatic heterocycles. The standard InChI is InChI=1S/C20H24FN3O3/c1-2-9-27-20(26)15-12-24(13-3-4-13)17-11-18(23-7-5-22-6-8-23)16(21)10-14(17)19(15)25/h10-13,22H,2-9H2,1H3. The molecule has 2 aliphatic rings. The number of aromatic nitrogens is 1. The van der Waals surface area contributed by atoms with Crippen molar-refractivity contribution in [2.75, 3.05) is 37.7 Å². The van der Waals surface area contributed by atoms with Crippen LogP contribution < -0.4 is 15.6 Å². The van der Waals surface area contributed by atoms with Crippen LogP contribution in [0, 0.1) is 5.82 Å². The first-order chi connectivity index (χ1) is 13.1. The Bertz CT molecular complexity index is 930. The quantitative estimate of drug-likeness (QED) is 0.816. The van der Waals surface area contributed by atoms with Gasteiger partial charge in [-0.25, -0.2) is 9.18 Å². The number of nitrogens with one attached hydrogen (secondary N) is 1. The second kappa shape index (κ2) is 7.31. The molecule has 7 heteroatoms. The third kappa shape index (κ3) is 3.43. The molecule has 0 atom stereocenters. The minimum Gasteiger partial charge on any atom is -0.462 e. The molecular weight excluding hydrogens is 349 g/mol. The number of rotatable bonds is 5. The van der Waals surface area contributed by atoms with Crippen LogP contribution in [0.2, 0.25) is 0 Å². The molecule has 0 radical (unpaired) electrons. The Balaban J connectivity index is 1.85. The van der Waals surface area contributed by atoms with Crippen LogP contribution in [-0.4, -0.2) is 43.3 Å². The third-order valence-corrected chi connectivity index (χ3v) is 5.16. The lowest BCUT2D eigenvalue weighted by atomic mass is 10.1. The van der Waals surface area contributed by atoms with E-state index >= 15 is 0 Å². The maximum atomic E-state index is 14.8. The number of esters is 1. The summed E-state index contributed by atoms with van der Waals surface area (Å²) in [4.78, 5) is 27.2. The van der Waals surface area contributed by atoms with Crippen LogP contribution in [0.3, 0.4) is 0 Å². The number of anilines is 1. The molecule has 6 nitrogen and oxygen atoms in total. The highest BCUT2D eigenvalue weighted by atomic mass is 19.1. The van der Waals surface area contributed by atoms with E-state index in [9.17, 15) is 14.0 Å². The number of carbonyl (C=O) groups excluding carboxylic acids is 1. The first kappa shape index (κ1) is 18.0. The van der Waals surface area contributed by atoms with Crippen molar-refractivity contribution in [2.24, 2.45) is 0 Å². The van der Waals surface area contributed by atoms with E-state index in [1.54, 1.807) is 12.3 Å². The lowest BCUT2D eigenvalue weighted by Gasteiger charge is -2.30. The molecule has 1 saturated carbocycles. The van der Waals surface area contributed by atoms with Gasteiger partial charge in [-0.3, -0.25) is 4.79 Å². The predicted octanol–water partition coefficient (Wildman–Crippen LogP) is 2.45. The molecule has 0 amide bonds. The summed E-state index contributed by atoms with van der Waals surface area (Å²) in [6.07, 6.45) is 4.25. The Morgan fingerprint density at radius 2 is 2.04 bits per heavy atom. The maximum Gasteiger partial charge on any atom is 0.343 e. The van der Waals surface area contributed by atoms with Crippen molar-refractivity contribution in [3.8, 4) is 0 Å². The monoisotopic (exact) mass is 373 g/mol. The second-order valence-electron chi connectivity index (χ2n) is 7.20. The molecular formula is C20H24FN3O3. The normalized spacial score (nSPS) is 17.3. The molecule has 1 N–H and O–H groups in total. The molecule has 1 aliphatic carbocycles. The van der Waals surface area contributed by atoms with E-state index in [4.69, 9.17) is 4.74 Å². The van der Waals surface area contributed by atoms with Gasteiger partial charge in [0.2, 0.25) is 5.43 Å². The molecule has 1 aliphatic heterocycles. The summed E-state index contributed by atoms with van der Waals surface area (Å²) in [5.41, 5.74) is 0.717. The number of nitrogens with zero attached hydrogens (tertiary/aromatic N) is 2. The minimum absolute atomic E-state index is 0.0165. The van der Waals surface area contributed by atoms with Crippen molar-refractivity contribution >= 4 is 22.6 Å². The van der Waals surface area contributed by atoms with E-state index in [0.717, 1.165) is 39.0 Å². The van der Waals surface area contributed by atoms with Crippen molar-refractivity contribution < 1.29 is 13.9 Å². The molecule has 144 valence electrons. The van der Waals surface area contributed by atoms with Crippen LogP contribution in [0.5, 0.6) is 0 Å². The van der Waals surface area contributed by atoms with Gasteiger partial charge in [0.05, 0.1) is 17.8 Å². The molecule has 2 heterocycles. The van der Waals surface area contributed by atoms with Gasteiger partial charge in [0.25, 0.3) is 0 Å². The number of carbonyl (C=O) groups is 1. The summed E-state index contributed by atoms with van der Waals surface area (Å²) in [5.74, 6) is -1.06. The molecule has 0 unspecified atom stereocenters. The molecule has 0 spiro atoms. The molecule has 2 aromatic rings. The molecule has 2 fully saturated rings. The van der Waals surface area contributed by atoms with Gasteiger partial charge in [-0.2, -0.15) is 0 Å². The van der Waals surface area contributed by atoms with E-state index in [1.807, 2.05) is 16.4 Å². The van der Waals surface area contributed by atoms with Gasteiger partial charge >= 0.3 is 5.97 Å². The second-order valence-corrected chi connectivity index (χ2v) is 7.20. The summed E-state index contributed by atoms with van der Waals surface area (Å²) in [7, 11) is 0. The first-order valence-corrected chi connectivity index (χ1v) is 9.61. The van der Waals surface area contributed by atoms with Crippen molar-refractivity contribution in [3.63, 3.8) is 0 Å². The number of piperazine rings is 1. The summed E-state index contributed by atoms with van der Waals surface area (Å²) >= 11 is 0. The first-order valence-electron chi connectivity index (χ1n) is 9.61. The third-order valence-electron chi connectivity index (χ3n) is 5.16. The summed E-state index contributed by atoms with van der Waals surface area (Å²) in [5, 5.41) is 3.50. The van der Waals surface area contributed by atoms with Crippen molar-refractivity contribution in [1.29, 1.82) is 0 Å². The Hall–Kier alpha value is -2.41. The van der Waals surface area contributed by atoms with Gasteiger partial charge in [0.15, 0.2) is 0 Å². The van der Waals surface area contributed by atoms with Crippen LogP contribution in [0.4, 0.5) is 10.1 Å². The molecule has 27 heavy (non-hydrogen) atoms. The van der Waals surface area contributed by atoms with Gasteiger partial charge in [-0.1, -0.05) is 6.92 Å². The van der Waals surface area contributed by atoms with Crippen LogP contribution in [-0.2, 0) is 4.74 Å². The highest BCUT2D eigenvalue weighted by Gasteiger charge is 2.28. The van der Waals surface area contributed by atoms with Crippen molar-refractivity contribution in [3.05, 3.63) is 39.9 Å². The number of pyridine rings is 1. The van der Waals surface area contributed by atoms with E-state index < -0.39 is 17.2 Å². The SMILES string of the molecule is CCCOC(=O)c1cn(C2CC2)c2cc(N3CCNCC3)c(F)cc2c1=O. The fourth-order valence-electron chi connectivity index (χ4n) is 3.58. The van der Waals surface area contributed by atoms with Crippen molar-refractivity contribution in [1.82, 2.24) is 9.88 Å². The van der Waals surface area contributed by atoms with E-state index in [1.165, 1.54) is 6.07 Å². The lowest BCUT2D eigenvalue weighted by Crippen LogP contribution is -2.43. The maximum absolute atomic E-state index is 14.8. The van der Waals surface area contributed by atoms with Crippen LogP contribution >= 0.6 is 0 Å². The highest BCUT2D eigenvalue weighted by Crippen LogP contribution is 2.38. The van der Waals surface area contributed by atoms with E-state index in [2.05, 4.69) is 5.32 Å². The zero-order valence-electron chi connectivity index (χ0n) is 15.5. The lowest BCUT2D eigenvalue weighted by molar-refractivity contribution is 0.0503. The fourth-order valence-corrected chi connectivity index (χ4v) is 3.58. The van der Waals surface area contributed by atoms with Gasteiger partial charge in [-0.15, -0.1) is 0 Å². The zero-order chi connectivity index (χ0) is 19.0. The summed E-state index contributed by atoms with van der Waals surface area (Å²) in [6, 6.07) is 3.29. The Morgan fingerprint density at radius 1 is 1.30 bits per heavy atom. The number of benzene rings is 1. The van der Waals surface area contributed by atoms with Gasteiger partial charge in [0.1, 0.15) is 11.4 Å². The largest absolute Gasteiger partial charge is 0.462 e. The van der Waals surface area contributed by atoms with E-state index in [0.29, 0.717) is 17.6 Å². The predicted molar refractivity (Wildman–Crippen MR) is 102 cm³/mol. The van der Waals surface area contributed by atoms with Crippen LogP contribution in [0.1, 0.15) is 42.6 Å². The zero-order valence-corrected chi connectivity index (χ0v) is 15.5. The number of halogens is 1. The number of fused-ring (bicyclic) bond motifs is 1. The Labute approximate surface area is 156 Å². The Kier molecular flexibility index (Phi) is 4.86. The minimum atomic E-state index is -0.635. The van der Waals surface area contributed by atoms with Crippen LogP contribution in [0.25, 0.3) is 10.9 Å². The average molecular weight is 373 g/mol. The summed E-state index contributed by atoms with van der Waals surface area (Å²) in [6.45, 7) is 5.19. The average Bonchev–Trinajstić information content (AvgIpc) is 3.52. The fraction of sp³-hybridized carbons (Fsp3) is 0.500. The van der Waals surface area contributed by atoms with Gasteiger partial charge in [0, 0.05) is 43.8 Å². The number of ether oxygens (including phenoxy) is 1. The van der Waals surface area contributed by atoms with E-state index in [-0.39, 0.29) is 23.6 Å². The van der Waals surface area contributed by atoms with Crippen molar-refractivity contribution in [2.45, 2.75) is 32.2 Å². The molecule has 1 aromatic carbocycles.